The van der Waals surface area contributed by atoms with Crippen LogP contribution < -0.4 is 4.90 Å². The van der Waals surface area contributed by atoms with Gasteiger partial charge in [0.25, 0.3) is 0 Å². The molecular weight excluding hydrogens is 448 g/mol. The van der Waals surface area contributed by atoms with Crippen LogP contribution in [0.3, 0.4) is 0 Å². The molecule has 35 heavy (non-hydrogen) atoms. The summed E-state index contributed by atoms with van der Waals surface area (Å²) in [5, 5.41) is 0. The van der Waals surface area contributed by atoms with Crippen LogP contribution in [-0.2, 0) is 11.3 Å². The summed E-state index contributed by atoms with van der Waals surface area (Å²) in [7, 11) is 0. The molecule has 0 bridgehead atoms. The first kappa shape index (κ1) is 22.7. The van der Waals surface area contributed by atoms with Crippen molar-refractivity contribution in [3.05, 3.63) is 90.3 Å². The molecule has 0 unspecified atom stereocenters. The fraction of sp³-hybridized carbons (Fsp3) is 0.222. The number of imidazole rings is 1. The smallest absolute Gasteiger partial charge is 0.242 e. The Morgan fingerprint density at radius 3 is 2.37 bits per heavy atom. The maximum atomic E-state index is 13.8. The zero-order valence-electron chi connectivity index (χ0n) is 19.4. The molecule has 1 amide bonds. The van der Waals surface area contributed by atoms with Crippen LogP contribution in [0, 0.1) is 18.6 Å². The monoisotopic (exact) mass is 473 g/mol. The highest BCUT2D eigenvalue weighted by Crippen LogP contribution is 2.27. The quantitative estimate of drug-likeness (QED) is 0.427. The average molecular weight is 474 g/mol. The maximum absolute atomic E-state index is 13.8. The molecule has 6 nitrogen and oxygen atoms in total. The molecule has 2 aromatic carbocycles. The number of rotatable bonds is 5. The molecule has 1 fully saturated rings. The first-order valence-electron chi connectivity index (χ1n) is 11.5. The number of carbonyl (C=O) groups is 1. The zero-order valence-corrected chi connectivity index (χ0v) is 19.4. The van der Waals surface area contributed by atoms with E-state index in [0.29, 0.717) is 48.8 Å². The lowest BCUT2D eigenvalue weighted by atomic mass is 10.1. The van der Waals surface area contributed by atoms with Crippen LogP contribution in [-0.4, -0.2) is 51.5 Å². The summed E-state index contributed by atoms with van der Waals surface area (Å²) in [5.74, 6) is 0.817. The van der Waals surface area contributed by atoms with Gasteiger partial charge in [0.05, 0.1) is 5.69 Å². The van der Waals surface area contributed by atoms with Crippen LogP contribution in [0.5, 0.6) is 0 Å². The van der Waals surface area contributed by atoms with Crippen LogP contribution in [0.15, 0.2) is 73.1 Å². The van der Waals surface area contributed by atoms with Crippen molar-refractivity contribution < 1.29 is 13.6 Å². The molecule has 0 N–H and O–H groups in total. The Morgan fingerprint density at radius 2 is 1.69 bits per heavy atom. The van der Waals surface area contributed by atoms with Crippen molar-refractivity contribution in [1.82, 2.24) is 19.4 Å². The lowest BCUT2D eigenvalue weighted by molar-refractivity contribution is -0.132. The van der Waals surface area contributed by atoms with Crippen molar-refractivity contribution >= 4 is 11.7 Å². The van der Waals surface area contributed by atoms with Crippen molar-refractivity contribution in [2.75, 3.05) is 31.1 Å². The highest BCUT2D eigenvalue weighted by atomic mass is 19.1. The number of pyridine rings is 1. The molecule has 2 aromatic heterocycles. The van der Waals surface area contributed by atoms with E-state index in [9.17, 15) is 13.6 Å². The van der Waals surface area contributed by atoms with Gasteiger partial charge in [0.2, 0.25) is 5.91 Å². The number of amides is 1. The fourth-order valence-electron chi connectivity index (χ4n) is 4.28. The Morgan fingerprint density at radius 1 is 0.943 bits per heavy atom. The molecule has 3 heterocycles. The van der Waals surface area contributed by atoms with Gasteiger partial charge in [0.15, 0.2) is 0 Å². The predicted octanol–water partition coefficient (Wildman–Crippen LogP) is 4.55. The van der Waals surface area contributed by atoms with Gasteiger partial charge in [0.1, 0.15) is 29.8 Å². The SMILES string of the molecule is Cc1cc(-c2cn(CC(=O)N3CCN(c4ccccn4)CC3)c(-c3ccc(F)cc3)n2)ccc1F. The summed E-state index contributed by atoms with van der Waals surface area (Å²) >= 11 is 0. The van der Waals surface area contributed by atoms with Crippen molar-refractivity contribution in [1.29, 1.82) is 0 Å². The van der Waals surface area contributed by atoms with E-state index in [1.165, 1.54) is 18.2 Å². The van der Waals surface area contributed by atoms with Crippen molar-refractivity contribution in [3.63, 3.8) is 0 Å². The molecule has 5 rings (SSSR count). The molecule has 1 aliphatic rings. The van der Waals surface area contributed by atoms with E-state index < -0.39 is 0 Å². The molecule has 0 spiro atoms. The lowest BCUT2D eigenvalue weighted by Gasteiger charge is -2.35. The van der Waals surface area contributed by atoms with Gasteiger partial charge < -0.3 is 14.4 Å². The zero-order chi connectivity index (χ0) is 24.4. The minimum Gasteiger partial charge on any atom is -0.353 e. The van der Waals surface area contributed by atoms with Gasteiger partial charge in [-0.15, -0.1) is 0 Å². The van der Waals surface area contributed by atoms with Crippen LogP contribution in [0.2, 0.25) is 0 Å². The fourth-order valence-corrected chi connectivity index (χ4v) is 4.28. The summed E-state index contributed by atoms with van der Waals surface area (Å²) in [6, 6.07) is 16.6. The van der Waals surface area contributed by atoms with Crippen LogP contribution in [0.4, 0.5) is 14.6 Å². The number of hydrogen-bond acceptors (Lipinski definition) is 4. The first-order chi connectivity index (χ1) is 17.0. The molecule has 1 aliphatic heterocycles. The Balaban J connectivity index is 1.38. The normalized spacial score (nSPS) is 13.8. The molecular formula is C27H25F2N5O. The number of anilines is 1. The third kappa shape index (κ3) is 4.91. The van der Waals surface area contributed by atoms with Crippen molar-refractivity contribution in [2.45, 2.75) is 13.5 Å². The Hall–Kier alpha value is -4.07. The number of hydrogen-bond donors (Lipinski definition) is 0. The molecule has 0 aliphatic carbocycles. The van der Waals surface area contributed by atoms with E-state index in [-0.39, 0.29) is 24.1 Å². The molecule has 178 valence electrons. The van der Waals surface area contributed by atoms with Gasteiger partial charge in [0, 0.05) is 49.7 Å². The molecule has 0 radical (unpaired) electrons. The second-order valence-electron chi connectivity index (χ2n) is 8.60. The topological polar surface area (TPSA) is 54.3 Å². The number of aryl methyl sites for hydroxylation is 1. The molecule has 0 saturated carbocycles. The van der Waals surface area contributed by atoms with Gasteiger partial charge >= 0.3 is 0 Å². The van der Waals surface area contributed by atoms with E-state index in [0.717, 1.165) is 11.4 Å². The highest BCUT2D eigenvalue weighted by molar-refractivity contribution is 5.78. The van der Waals surface area contributed by atoms with E-state index in [1.807, 2.05) is 23.1 Å². The summed E-state index contributed by atoms with van der Waals surface area (Å²) in [4.78, 5) is 26.4. The van der Waals surface area contributed by atoms with Gasteiger partial charge in [-0.05, 0) is 67.1 Å². The molecule has 0 atom stereocenters. The minimum atomic E-state index is -0.344. The highest BCUT2D eigenvalue weighted by Gasteiger charge is 2.23. The van der Waals surface area contributed by atoms with E-state index in [4.69, 9.17) is 4.98 Å². The van der Waals surface area contributed by atoms with Crippen LogP contribution >= 0.6 is 0 Å². The average Bonchev–Trinajstić information content (AvgIpc) is 3.30. The van der Waals surface area contributed by atoms with E-state index in [2.05, 4.69) is 9.88 Å². The number of piperazine rings is 1. The van der Waals surface area contributed by atoms with Gasteiger partial charge in [-0.2, -0.15) is 0 Å². The van der Waals surface area contributed by atoms with Gasteiger partial charge in [-0.3, -0.25) is 4.79 Å². The molecule has 4 aromatic rings. The number of carbonyl (C=O) groups excluding carboxylic acids is 1. The number of aromatic nitrogens is 3. The van der Waals surface area contributed by atoms with E-state index in [1.54, 1.807) is 48.1 Å². The third-order valence-electron chi connectivity index (χ3n) is 6.24. The Labute approximate surface area is 202 Å². The summed E-state index contributed by atoms with van der Waals surface area (Å²) in [6.07, 6.45) is 3.57. The summed E-state index contributed by atoms with van der Waals surface area (Å²) in [5.41, 5.74) is 2.59. The second kappa shape index (κ2) is 9.66. The number of halogens is 2. The third-order valence-corrected chi connectivity index (χ3v) is 6.24. The second-order valence-corrected chi connectivity index (χ2v) is 8.60. The van der Waals surface area contributed by atoms with Crippen molar-refractivity contribution in [2.24, 2.45) is 0 Å². The predicted molar refractivity (Wildman–Crippen MR) is 131 cm³/mol. The first-order valence-corrected chi connectivity index (χ1v) is 11.5. The molecule has 1 saturated heterocycles. The summed E-state index contributed by atoms with van der Waals surface area (Å²) < 4.78 is 29.1. The summed E-state index contributed by atoms with van der Waals surface area (Å²) in [6.45, 7) is 4.41. The lowest BCUT2D eigenvalue weighted by Crippen LogP contribution is -2.49. The Kier molecular flexibility index (Phi) is 6.27. The van der Waals surface area contributed by atoms with Gasteiger partial charge in [-0.25, -0.2) is 18.7 Å². The van der Waals surface area contributed by atoms with Crippen LogP contribution in [0.1, 0.15) is 5.56 Å². The standard InChI is InChI=1S/C27H25F2N5O/c1-19-16-21(7-10-23(19)29)24-17-34(27(31-24)20-5-8-22(28)9-6-20)18-26(35)33-14-12-32(13-15-33)25-4-2-3-11-30-25/h2-11,16-17H,12-15,18H2,1H3. The Bertz CT molecular complexity index is 1330. The number of benzene rings is 2. The maximum Gasteiger partial charge on any atom is 0.242 e. The van der Waals surface area contributed by atoms with E-state index >= 15 is 0 Å². The number of nitrogens with zero attached hydrogens (tertiary/aromatic N) is 5. The largest absolute Gasteiger partial charge is 0.353 e. The van der Waals surface area contributed by atoms with Crippen LogP contribution in [0.25, 0.3) is 22.6 Å². The molecule has 8 heteroatoms. The van der Waals surface area contributed by atoms with Gasteiger partial charge in [-0.1, -0.05) is 6.07 Å². The van der Waals surface area contributed by atoms with Crippen molar-refractivity contribution in [3.8, 4) is 22.6 Å². The minimum absolute atomic E-state index is 0.0201.